The van der Waals surface area contributed by atoms with Crippen molar-refractivity contribution in [3.05, 3.63) is 35.9 Å². The van der Waals surface area contributed by atoms with Gasteiger partial charge in [-0.25, -0.2) is 4.79 Å². The number of carbonyl (C=O) groups is 2. The fraction of sp³-hybridized carbons (Fsp3) is 0.619. The molecule has 3 rings (SSSR count). The van der Waals surface area contributed by atoms with Crippen molar-refractivity contribution in [1.82, 2.24) is 15.5 Å². The fourth-order valence-electron chi connectivity index (χ4n) is 4.46. The number of benzene rings is 1. The van der Waals surface area contributed by atoms with Crippen molar-refractivity contribution in [2.45, 2.75) is 57.0 Å². The van der Waals surface area contributed by atoms with E-state index >= 15 is 0 Å². The van der Waals surface area contributed by atoms with E-state index < -0.39 is 0 Å². The standard InChI is InChI=1S/C21H31N3O3/c1-2-12-22-21(27)24-17(13-23-20(26)16-10-6-7-11-16)19(18(24)14-25)15-8-4-3-5-9-15/h3-5,8-9,16-19,25H,2,6-7,10-14H2,1H3,(H,22,27)(H,23,26)/t17-,18-,19-/m1/s1. The maximum Gasteiger partial charge on any atom is 0.318 e. The molecule has 1 heterocycles. The van der Waals surface area contributed by atoms with E-state index in [2.05, 4.69) is 10.6 Å². The van der Waals surface area contributed by atoms with Gasteiger partial charge in [0.2, 0.25) is 5.91 Å². The first kappa shape index (κ1) is 19.7. The number of nitrogens with zero attached hydrogens (tertiary/aromatic N) is 1. The monoisotopic (exact) mass is 373 g/mol. The van der Waals surface area contributed by atoms with Crippen LogP contribution < -0.4 is 10.6 Å². The molecule has 0 aromatic heterocycles. The minimum atomic E-state index is -0.266. The number of urea groups is 1. The third kappa shape index (κ3) is 4.26. The van der Waals surface area contributed by atoms with Gasteiger partial charge >= 0.3 is 6.03 Å². The second-order valence-corrected chi connectivity index (χ2v) is 7.62. The minimum Gasteiger partial charge on any atom is -0.394 e. The zero-order chi connectivity index (χ0) is 19.2. The molecule has 0 bridgehead atoms. The number of carbonyl (C=O) groups excluding carboxylic acids is 2. The lowest BCUT2D eigenvalue weighted by Gasteiger charge is -2.54. The SMILES string of the molecule is CCCNC(=O)N1[C@H](CO)[C@H](c2ccccc2)[C@H]1CNC(=O)C1CCCC1. The predicted octanol–water partition coefficient (Wildman–Crippen LogP) is 2.24. The third-order valence-corrected chi connectivity index (χ3v) is 5.89. The minimum absolute atomic E-state index is 0.0208. The Labute approximate surface area is 161 Å². The van der Waals surface area contributed by atoms with Crippen molar-refractivity contribution in [3.63, 3.8) is 0 Å². The summed E-state index contributed by atoms with van der Waals surface area (Å²) in [6, 6.07) is 9.38. The van der Waals surface area contributed by atoms with Gasteiger partial charge in [0.05, 0.1) is 18.7 Å². The van der Waals surface area contributed by atoms with E-state index in [1.54, 1.807) is 4.90 Å². The van der Waals surface area contributed by atoms with Crippen molar-refractivity contribution in [1.29, 1.82) is 0 Å². The highest BCUT2D eigenvalue weighted by Gasteiger charge is 2.51. The summed E-state index contributed by atoms with van der Waals surface area (Å²) in [6.45, 7) is 2.94. The van der Waals surface area contributed by atoms with Gasteiger partial charge in [0.1, 0.15) is 0 Å². The van der Waals surface area contributed by atoms with Gasteiger partial charge in [0.15, 0.2) is 0 Å². The summed E-state index contributed by atoms with van der Waals surface area (Å²) in [5, 5.41) is 15.9. The summed E-state index contributed by atoms with van der Waals surface area (Å²) in [5.41, 5.74) is 1.09. The average molecular weight is 373 g/mol. The molecule has 1 aliphatic heterocycles. The van der Waals surface area contributed by atoms with Gasteiger partial charge in [-0.2, -0.15) is 0 Å². The fourth-order valence-corrected chi connectivity index (χ4v) is 4.46. The van der Waals surface area contributed by atoms with Crippen molar-refractivity contribution < 1.29 is 14.7 Å². The molecule has 3 amide bonds. The molecule has 0 spiro atoms. The number of nitrogens with one attached hydrogen (secondary N) is 2. The largest absolute Gasteiger partial charge is 0.394 e. The zero-order valence-electron chi connectivity index (χ0n) is 16.1. The lowest BCUT2D eigenvalue weighted by atomic mass is 9.75. The second-order valence-electron chi connectivity index (χ2n) is 7.62. The van der Waals surface area contributed by atoms with Crippen molar-refractivity contribution in [3.8, 4) is 0 Å². The number of aliphatic hydroxyl groups excluding tert-OH is 1. The van der Waals surface area contributed by atoms with Gasteiger partial charge in [0, 0.05) is 24.9 Å². The van der Waals surface area contributed by atoms with Gasteiger partial charge < -0.3 is 20.6 Å². The van der Waals surface area contributed by atoms with Crippen LogP contribution >= 0.6 is 0 Å². The summed E-state index contributed by atoms with van der Waals surface area (Å²) in [7, 11) is 0. The molecular formula is C21H31N3O3. The Kier molecular flexibility index (Phi) is 6.72. The Morgan fingerprint density at radius 3 is 2.44 bits per heavy atom. The maximum absolute atomic E-state index is 12.6. The molecular weight excluding hydrogens is 342 g/mol. The lowest BCUT2D eigenvalue weighted by molar-refractivity contribution is -0.125. The second kappa shape index (κ2) is 9.22. The van der Waals surface area contributed by atoms with Crippen LogP contribution in [0.2, 0.25) is 0 Å². The van der Waals surface area contributed by atoms with Gasteiger partial charge in [-0.3, -0.25) is 4.79 Å². The van der Waals surface area contributed by atoms with Crippen LogP contribution in [0.1, 0.15) is 50.5 Å². The molecule has 1 saturated heterocycles. The van der Waals surface area contributed by atoms with Crippen LogP contribution in [0.15, 0.2) is 30.3 Å². The molecule has 6 heteroatoms. The van der Waals surface area contributed by atoms with Gasteiger partial charge in [0.25, 0.3) is 0 Å². The summed E-state index contributed by atoms with van der Waals surface area (Å²) in [6.07, 6.45) is 5.00. The van der Waals surface area contributed by atoms with E-state index in [1.165, 1.54) is 0 Å². The summed E-state index contributed by atoms with van der Waals surface area (Å²) in [4.78, 5) is 26.8. The van der Waals surface area contributed by atoms with E-state index in [9.17, 15) is 14.7 Å². The molecule has 1 aliphatic carbocycles. The molecule has 1 aromatic carbocycles. The van der Waals surface area contributed by atoms with Crippen molar-refractivity contribution in [2.24, 2.45) is 5.92 Å². The zero-order valence-corrected chi connectivity index (χ0v) is 16.1. The molecule has 3 N–H and O–H groups in total. The maximum atomic E-state index is 12.6. The molecule has 2 fully saturated rings. The Morgan fingerprint density at radius 1 is 1.11 bits per heavy atom. The van der Waals surface area contributed by atoms with E-state index in [0.29, 0.717) is 13.1 Å². The van der Waals surface area contributed by atoms with Crippen LogP contribution in [-0.4, -0.2) is 53.7 Å². The van der Waals surface area contributed by atoms with Crippen LogP contribution in [0.5, 0.6) is 0 Å². The molecule has 148 valence electrons. The molecule has 0 unspecified atom stereocenters. The van der Waals surface area contributed by atoms with Gasteiger partial charge in [-0.1, -0.05) is 50.1 Å². The summed E-state index contributed by atoms with van der Waals surface area (Å²) < 4.78 is 0. The van der Waals surface area contributed by atoms with Crippen molar-refractivity contribution in [2.75, 3.05) is 19.7 Å². The predicted molar refractivity (Wildman–Crippen MR) is 104 cm³/mol. The van der Waals surface area contributed by atoms with E-state index in [4.69, 9.17) is 0 Å². The molecule has 3 atom stereocenters. The highest BCUT2D eigenvalue weighted by molar-refractivity contribution is 5.80. The lowest BCUT2D eigenvalue weighted by Crippen LogP contribution is -2.70. The molecule has 1 saturated carbocycles. The first-order valence-electron chi connectivity index (χ1n) is 10.2. The first-order valence-corrected chi connectivity index (χ1v) is 10.2. The smallest absolute Gasteiger partial charge is 0.318 e. The number of hydrogen-bond acceptors (Lipinski definition) is 3. The highest BCUT2D eigenvalue weighted by atomic mass is 16.3. The number of amides is 3. The molecule has 1 aromatic rings. The Hall–Kier alpha value is -2.08. The summed E-state index contributed by atoms with van der Waals surface area (Å²) in [5.74, 6) is 0.226. The first-order chi connectivity index (χ1) is 13.2. The van der Waals surface area contributed by atoms with E-state index in [1.807, 2.05) is 37.3 Å². The van der Waals surface area contributed by atoms with Crippen LogP contribution in [0, 0.1) is 5.92 Å². The third-order valence-electron chi connectivity index (χ3n) is 5.89. The van der Waals surface area contributed by atoms with Gasteiger partial charge in [-0.05, 0) is 24.8 Å². The van der Waals surface area contributed by atoms with E-state index in [-0.39, 0.29) is 42.5 Å². The van der Waals surface area contributed by atoms with Crippen LogP contribution in [0.4, 0.5) is 4.79 Å². The van der Waals surface area contributed by atoms with Gasteiger partial charge in [-0.15, -0.1) is 0 Å². The number of aliphatic hydroxyl groups is 1. The molecule has 6 nitrogen and oxygen atoms in total. The Balaban J connectivity index is 1.72. The van der Waals surface area contributed by atoms with Crippen molar-refractivity contribution >= 4 is 11.9 Å². The van der Waals surface area contributed by atoms with Crippen LogP contribution in [0.25, 0.3) is 0 Å². The Morgan fingerprint density at radius 2 is 1.81 bits per heavy atom. The summed E-state index contributed by atoms with van der Waals surface area (Å²) >= 11 is 0. The average Bonchev–Trinajstić information content (AvgIpc) is 3.21. The normalized spacial score (nSPS) is 25.1. The van der Waals surface area contributed by atoms with Crippen LogP contribution in [-0.2, 0) is 4.79 Å². The topological polar surface area (TPSA) is 81.7 Å². The van der Waals surface area contributed by atoms with E-state index in [0.717, 1.165) is 37.7 Å². The molecule has 2 aliphatic rings. The molecule has 0 radical (unpaired) electrons. The quantitative estimate of drug-likeness (QED) is 0.686. The molecule has 27 heavy (non-hydrogen) atoms. The van der Waals surface area contributed by atoms with Crippen LogP contribution in [0.3, 0.4) is 0 Å². The highest BCUT2D eigenvalue weighted by Crippen LogP contribution is 2.40. The number of rotatable bonds is 7. The number of likely N-dealkylation sites (tertiary alicyclic amines) is 1. The number of hydrogen-bond donors (Lipinski definition) is 3. The Bertz CT molecular complexity index is 631.